The van der Waals surface area contributed by atoms with E-state index in [9.17, 15) is 4.79 Å². The van der Waals surface area contributed by atoms with Crippen LogP contribution in [0.15, 0.2) is 48.8 Å². The van der Waals surface area contributed by atoms with E-state index in [0.29, 0.717) is 6.54 Å². The van der Waals surface area contributed by atoms with E-state index in [0.717, 1.165) is 29.7 Å². The van der Waals surface area contributed by atoms with E-state index < -0.39 is 5.41 Å². The van der Waals surface area contributed by atoms with Crippen LogP contribution in [0.5, 0.6) is 5.75 Å². The van der Waals surface area contributed by atoms with Crippen molar-refractivity contribution in [2.45, 2.75) is 24.8 Å². The maximum absolute atomic E-state index is 12.6. The molecule has 3 rings (SSSR count). The Bertz CT molecular complexity index is 636. The third-order valence-electron chi connectivity index (χ3n) is 3.98. The van der Waals surface area contributed by atoms with E-state index in [4.69, 9.17) is 4.74 Å². The van der Waals surface area contributed by atoms with Gasteiger partial charge in [0.2, 0.25) is 5.91 Å². The van der Waals surface area contributed by atoms with Crippen molar-refractivity contribution in [1.29, 1.82) is 0 Å². The Morgan fingerprint density at radius 2 is 2.10 bits per heavy atom. The molecule has 1 heterocycles. The summed E-state index contributed by atoms with van der Waals surface area (Å²) in [6.45, 7) is 0.504. The lowest BCUT2D eigenvalue weighted by Gasteiger charge is -2.18. The molecule has 4 heteroatoms. The zero-order valence-electron chi connectivity index (χ0n) is 12.0. The summed E-state index contributed by atoms with van der Waals surface area (Å²) in [4.78, 5) is 16.6. The van der Waals surface area contributed by atoms with Gasteiger partial charge in [0.25, 0.3) is 0 Å². The number of methoxy groups -OCH3 is 1. The van der Waals surface area contributed by atoms with Crippen molar-refractivity contribution in [3.05, 3.63) is 59.9 Å². The van der Waals surface area contributed by atoms with Gasteiger partial charge in [-0.2, -0.15) is 0 Å². The number of hydrogen-bond acceptors (Lipinski definition) is 3. The van der Waals surface area contributed by atoms with Crippen LogP contribution in [0, 0.1) is 0 Å². The number of rotatable bonds is 5. The first-order valence-corrected chi connectivity index (χ1v) is 7.07. The maximum atomic E-state index is 12.6. The van der Waals surface area contributed by atoms with Gasteiger partial charge in [0.1, 0.15) is 5.75 Å². The Kier molecular flexibility index (Phi) is 3.60. The van der Waals surface area contributed by atoms with Crippen molar-refractivity contribution >= 4 is 5.91 Å². The molecule has 1 saturated carbocycles. The Morgan fingerprint density at radius 3 is 2.76 bits per heavy atom. The predicted molar refractivity (Wildman–Crippen MR) is 80.0 cm³/mol. The molecule has 0 aliphatic heterocycles. The van der Waals surface area contributed by atoms with E-state index in [2.05, 4.69) is 10.3 Å². The third kappa shape index (κ3) is 2.61. The molecule has 2 aromatic rings. The Hall–Kier alpha value is -2.36. The van der Waals surface area contributed by atoms with E-state index in [1.165, 1.54) is 0 Å². The lowest BCUT2D eigenvalue weighted by molar-refractivity contribution is -0.123. The van der Waals surface area contributed by atoms with Crippen molar-refractivity contribution in [2.75, 3.05) is 7.11 Å². The number of para-hydroxylation sites is 1. The minimum Gasteiger partial charge on any atom is -0.496 e. The molecule has 0 saturated heterocycles. The summed E-state index contributed by atoms with van der Waals surface area (Å²) in [6.07, 6.45) is 5.23. The topological polar surface area (TPSA) is 51.2 Å². The summed E-state index contributed by atoms with van der Waals surface area (Å²) in [5.74, 6) is 0.849. The highest BCUT2D eigenvalue weighted by atomic mass is 16.5. The first kappa shape index (κ1) is 13.6. The van der Waals surface area contributed by atoms with Crippen LogP contribution in [0.3, 0.4) is 0 Å². The standard InChI is InChI=1S/C17H18N2O2/c1-21-15-7-3-2-6-14(15)17(8-9-17)16(20)19-12-13-5-4-10-18-11-13/h2-7,10-11H,8-9,12H2,1H3,(H,19,20). The molecule has 0 unspecified atom stereocenters. The monoisotopic (exact) mass is 282 g/mol. The van der Waals surface area contributed by atoms with Crippen molar-refractivity contribution in [1.82, 2.24) is 10.3 Å². The van der Waals surface area contributed by atoms with Gasteiger partial charge in [0.15, 0.2) is 0 Å². The van der Waals surface area contributed by atoms with Crippen LogP contribution in [0.1, 0.15) is 24.0 Å². The smallest absolute Gasteiger partial charge is 0.231 e. The second kappa shape index (κ2) is 5.56. The largest absolute Gasteiger partial charge is 0.496 e. The minimum absolute atomic E-state index is 0.0656. The molecule has 0 spiro atoms. The Labute approximate surface area is 124 Å². The number of pyridine rings is 1. The fourth-order valence-electron chi connectivity index (χ4n) is 2.64. The highest BCUT2D eigenvalue weighted by Gasteiger charge is 2.52. The number of nitrogens with one attached hydrogen (secondary N) is 1. The van der Waals surface area contributed by atoms with Gasteiger partial charge < -0.3 is 10.1 Å². The Balaban J connectivity index is 1.75. The normalized spacial score (nSPS) is 15.3. The summed E-state index contributed by atoms with van der Waals surface area (Å²) in [7, 11) is 1.64. The molecule has 1 N–H and O–H groups in total. The molecule has 4 nitrogen and oxygen atoms in total. The molecule has 1 aromatic carbocycles. The lowest BCUT2D eigenvalue weighted by Crippen LogP contribution is -2.34. The van der Waals surface area contributed by atoms with Crippen LogP contribution in [-0.4, -0.2) is 18.0 Å². The van der Waals surface area contributed by atoms with Gasteiger partial charge in [0.05, 0.1) is 12.5 Å². The maximum Gasteiger partial charge on any atom is 0.231 e. The molecule has 1 fully saturated rings. The highest BCUT2D eigenvalue weighted by molar-refractivity contribution is 5.92. The fraction of sp³-hybridized carbons (Fsp3) is 0.294. The quantitative estimate of drug-likeness (QED) is 0.916. The second-order valence-corrected chi connectivity index (χ2v) is 5.33. The van der Waals surface area contributed by atoms with Crippen LogP contribution in [0.4, 0.5) is 0 Å². The summed E-state index contributed by atoms with van der Waals surface area (Å²) < 4.78 is 5.39. The summed E-state index contributed by atoms with van der Waals surface area (Å²) >= 11 is 0. The van der Waals surface area contributed by atoms with Crippen molar-refractivity contribution < 1.29 is 9.53 Å². The molecule has 108 valence electrons. The van der Waals surface area contributed by atoms with Gasteiger partial charge in [-0.3, -0.25) is 9.78 Å². The van der Waals surface area contributed by atoms with Crippen LogP contribution >= 0.6 is 0 Å². The van der Waals surface area contributed by atoms with Crippen LogP contribution < -0.4 is 10.1 Å². The van der Waals surface area contributed by atoms with Crippen LogP contribution in [-0.2, 0) is 16.8 Å². The van der Waals surface area contributed by atoms with Gasteiger partial charge in [-0.15, -0.1) is 0 Å². The number of hydrogen-bond donors (Lipinski definition) is 1. The first-order valence-electron chi connectivity index (χ1n) is 7.07. The van der Waals surface area contributed by atoms with Gasteiger partial charge in [0, 0.05) is 24.5 Å². The second-order valence-electron chi connectivity index (χ2n) is 5.33. The number of carbonyl (C=O) groups excluding carboxylic acids is 1. The zero-order valence-corrected chi connectivity index (χ0v) is 12.0. The summed E-state index contributed by atoms with van der Waals surface area (Å²) in [6, 6.07) is 11.6. The average Bonchev–Trinajstić information content (AvgIpc) is 3.35. The molecule has 1 aliphatic carbocycles. The van der Waals surface area contributed by atoms with Crippen molar-refractivity contribution in [3.63, 3.8) is 0 Å². The number of benzene rings is 1. The van der Waals surface area contributed by atoms with E-state index in [1.54, 1.807) is 19.5 Å². The molecular weight excluding hydrogens is 264 g/mol. The molecule has 1 aromatic heterocycles. The predicted octanol–water partition coefficient (Wildman–Crippen LogP) is 2.44. The molecule has 0 radical (unpaired) electrons. The molecule has 1 amide bonds. The van der Waals surface area contributed by atoms with Gasteiger partial charge >= 0.3 is 0 Å². The zero-order chi connectivity index (χ0) is 14.7. The summed E-state index contributed by atoms with van der Waals surface area (Å²) in [5, 5.41) is 3.02. The Morgan fingerprint density at radius 1 is 1.29 bits per heavy atom. The molecular formula is C17H18N2O2. The number of amides is 1. The van der Waals surface area contributed by atoms with Gasteiger partial charge in [-0.25, -0.2) is 0 Å². The van der Waals surface area contributed by atoms with Crippen molar-refractivity contribution in [2.24, 2.45) is 0 Å². The number of aromatic nitrogens is 1. The van der Waals surface area contributed by atoms with E-state index in [1.807, 2.05) is 36.4 Å². The SMILES string of the molecule is COc1ccccc1C1(C(=O)NCc2cccnc2)CC1. The molecule has 21 heavy (non-hydrogen) atoms. The number of nitrogens with zero attached hydrogens (tertiary/aromatic N) is 1. The number of carbonyl (C=O) groups is 1. The first-order chi connectivity index (χ1) is 10.3. The van der Waals surface area contributed by atoms with E-state index >= 15 is 0 Å². The fourth-order valence-corrected chi connectivity index (χ4v) is 2.64. The van der Waals surface area contributed by atoms with Crippen LogP contribution in [0.25, 0.3) is 0 Å². The van der Waals surface area contributed by atoms with Crippen molar-refractivity contribution in [3.8, 4) is 5.75 Å². The minimum atomic E-state index is -0.422. The average molecular weight is 282 g/mol. The molecule has 1 aliphatic rings. The van der Waals surface area contributed by atoms with E-state index in [-0.39, 0.29) is 5.91 Å². The highest BCUT2D eigenvalue weighted by Crippen LogP contribution is 2.51. The van der Waals surface area contributed by atoms with Crippen LogP contribution in [0.2, 0.25) is 0 Å². The lowest BCUT2D eigenvalue weighted by atomic mass is 9.94. The third-order valence-corrected chi connectivity index (χ3v) is 3.98. The summed E-state index contributed by atoms with van der Waals surface area (Å²) in [5.41, 5.74) is 1.56. The van der Waals surface area contributed by atoms with Gasteiger partial charge in [-0.05, 0) is 30.5 Å². The number of ether oxygens (including phenoxy) is 1. The molecule has 0 atom stereocenters. The molecule has 0 bridgehead atoms. The van der Waals surface area contributed by atoms with Gasteiger partial charge in [-0.1, -0.05) is 24.3 Å².